The van der Waals surface area contributed by atoms with Crippen LogP contribution in [0.5, 0.6) is 11.5 Å². The number of hydrogen-bond acceptors (Lipinski definition) is 3. The number of rotatable bonds is 7. The summed E-state index contributed by atoms with van der Waals surface area (Å²) in [6.45, 7) is -2.65. The van der Waals surface area contributed by atoms with Gasteiger partial charge in [-0.2, -0.15) is 8.78 Å². The van der Waals surface area contributed by atoms with Crippen molar-refractivity contribution < 1.29 is 27.4 Å². The van der Waals surface area contributed by atoms with Gasteiger partial charge in [-0.05, 0) is 35.4 Å². The lowest BCUT2D eigenvalue weighted by Crippen LogP contribution is -2.24. The molecule has 0 heterocycles. The van der Waals surface area contributed by atoms with Crippen molar-refractivity contribution in [2.24, 2.45) is 0 Å². The van der Waals surface area contributed by atoms with Crippen LogP contribution in [0.2, 0.25) is 0 Å². The van der Waals surface area contributed by atoms with Crippen LogP contribution in [0.1, 0.15) is 11.1 Å². The van der Waals surface area contributed by atoms with Gasteiger partial charge in [-0.25, -0.2) is 4.39 Å². The smallest absolute Gasteiger partial charge is 0.387 e. The van der Waals surface area contributed by atoms with Crippen molar-refractivity contribution in [3.63, 3.8) is 0 Å². The second-order valence-corrected chi connectivity index (χ2v) is 4.94. The molecule has 0 spiro atoms. The molecule has 128 valence electrons. The third kappa shape index (κ3) is 5.19. The molecule has 0 saturated heterocycles. The van der Waals surface area contributed by atoms with E-state index >= 15 is 0 Å². The molecular formula is C17H16F3NO3. The second-order valence-electron chi connectivity index (χ2n) is 4.94. The van der Waals surface area contributed by atoms with Gasteiger partial charge in [0.25, 0.3) is 0 Å². The van der Waals surface area contributed by atoms with E-state index in [9.17, 15) is 18.0 Å². The molecule has 24 heavy (non-hydrogen) atoms. The van der Waals surface area contributed by atoms with Gasteiger partial charge in [-0.15, -0.1) is 0 Å². The molecule has 0 bridgehead atoms. The topological polar surface area (TPSA) is 47.6 Å². The van der Waals surface area contributed by atoms with Crippen molar-refractivity contribution in [2.45, 2.75) is 19.6 Å². The molecule has 2 rings (SSSR count). The zero-order valence-corrected chi connectivity index (χ0v) is 12.9. The van der Waals surface area contributed by atoms with Gasteiger partial charge in [0.2, 0.25) is 5.91 Å². The van der Waals surface area contributed by atoms with E-state index < -0.39 is 12.4 Å². The molecule has 0 fully saturated rings. The van der Waals surface area contributed by atoms with Crippen LogP contribution in [0.25, 0.3) is 0 Å². The first kappa shape index (κ1) is 17.7. The number of benzene rings is 2. The van der Waals surface area contributed by atoms with Crippen LogP contribution in [0.3, 0.4) is 0 Å². The molecular weight excluding hydrogens is 323 g/mol. The largest absolute Gasteiger partial charge is 0.494 e. The first-order chi connectivity index (χ1) is 11.5. The summed E-state index contributed by atoms with van der Waals surface area (Å²) in [7, 11) is 1.36. The Morgan fingerprint density at radius 2 is 1.79 bits per heavy atom. The Balaban J connectivity index is 1.85. The molecule has 0 aromatic heterocycles. The summed E-state index contributed by atoms with van der Waals surface area (Å²) in [6.07, 6.45) is 0.0213. The number of methoxy groups -OCH3 is 1. The molecule has 2 aromatic carbocycles. The lowest BCUT2D eigenvalue weighted by Gasteiger charge is -2.08. The first-order valence-electron chi connectivity index (χ1n) is 7.11. The standard InChI is InChI=1S/C17H16F3NO3/c1-23-15-7-4-12(8-14(15)18)9-16(22)21-10-11-2-5-13(6-3-11)24-17(19)20/h2-8,17H,9-10H2,1H3,(H,21,22). The van der Waals surface area contributed by atoms with Crippen molar-refractivity contribution in [1.82, 2.24) is 5.32 Å². The molecule has 0 aliphatic heterocycles. The van der Waals surface area contributed by atoms with Crippen molar-refractivity contribution >= 4 is 5.91 Å². The SMILES string of the molecule is COc1ccc(CC(=O)NCc2ccc(OC(F)F)cc2)cc1F. The average Bonchev–Trinajstić information content (AvgIpc) is 2.54. The Labute approximate surface area is 137 Å². The quantitative estimate of drug-likeness (QED) is 0.842. The van der Waals surface area contributed by atoms with E-state index in [-0.39, 0.29) is 30.4 Å². The predicted octanol–water partition coefficient (Wildman–Crippen LogP) is 3.29. The van der Waals surface area contributed by atoms with Crippen molar-refractivity contribution in [1.29, 1.82) is 0 Å². The molecule has 0 aliphatic rings. The van der Waals surface area contributed by atoms with Crippen molar-refractivity contribution in [3.8, 4) is 11.5 Å². The Morgan fingerprint density at radius 1 is 1.12 bits per heavy atom. The fourth-order valence-corrected chi connectivity index (χ4v) is 2.06. The minimum absolute atomic E-state index is 0.0213. The maximum absolute atomic E-state index is 13.6. The third-order valence-electron chi connectivity index (χ3n) is 3.22. The average molecular weight is 339 g/mol. The number of nitrogens with one attached hydrogen (secondary N) is 1. The molecule has 0 unspecified atom stereocenters. The number of amides is 1. The summed E-state index contributed by atoms with van der Waals surface area (Å²) in [5.74, 6) is -0.649. The summed E-state index contributed by atoms with van der Waals surface area (Å²) in [5.41, 5.74) is 1.25. The summed E-state index contributed by atoms with van der Waals surface area (Å²) >= 11 is 0. The van der Waals surface area contributed by atoms with Crippen LogP contribution in [-0.4, -0.2) is 19.6 Å². The van der Waals surface area contributed by atoms with Gasteiger partial charge in [0.05, 0.1) is 13.5 Å². The number of alkyl halides is 2. The molecule has 7 heteroatoms. The molecule has 4 nitrogen and oxygen atoms in total. The monoisotopic (exact) mass is 339 g/mol. The minimum atomic E-state index is -2.87. The molecule has 0 radical (unpaired) electrons. The number of hydrogen-bond donors (Lipinski definition) is 1. The molecule has 1 N–H and O–H groups in total. The van der Waals surface area contributed by atoms with Gasteiger partial charge in [0, 0.05) is 6.54 Å². The van der Waals surface area contributed by atoms with Gasteiger partial charge in [-0.3, -0.25) is 4.79 Å². The lowest BCUT2D eigenvalue weighted by atomic mass is 10.1. The summed E-state index contributed by atoms with van der Waals surface area (Å²) in [4.78, 5) is 11.9. The molecule has 0 aliphatic carbocycles. The van der Waals surface area contributed by atoms with Crippen LogP contribution in [0.4, 0.5) is 13.2 Å². The molecule has 0 saturated carbocycles. The molecule has 0 atom stereocenters. The fourth-order valence-electron chi connectivity index (χ4n) is 2.06. The van der Waals surface area contributed by atoms with Crippen LogP contribution < -0.4 is 14.8 Å². The van der Waals surface area contributed by atoms with Crippen LogP contribution in [0, 0.1) is 5.82 Å². The normalized spacial score (nSPS) is 10.5. The Kier molecular flexibility index (Phi) is 6.06. The van der Waals surface area contributed by atoms with Gasteiger partial charge in [-0.1, -0.05) is 18.2 Å². The highest BCUT2D eigenvalue weighted by molar-refractivity contribution is 5.78. The second kappa shape index (κ2) is 8.24. The van der Waals surface area contributed by atoms with Gasteiger partial charge >= 0.3 is 6.61 Å². The van der Waals surface area contributed by atoms with Gasteiger partial charge in [0.1, 0.15) is 5.75 Å². The van der Waals surface area contributed by atoms with E-state index in [1.807, 2.05) is 0 Å². The predicted molar refractivity (Wildman–Crippen MR) is 81.6 cm³/mol. The highest BCUT2D eigenvalue weighted by atomic mass is 19.3. The maximum atomic E-state index is 13.6. The molecule has 2 aromatic rings. The fraction of sp³-hybridized carbons (Fsp3) is 0.235. The van der Waals surface area contributed by atoms with Crippen LogP contribution >= 0.6 is 0 Å². The maximum Gasteiger partial charge on any atom is 0.387 e. The summed E-state index contributed by atoms with van der Waals surface area (Å²) in [6, 6.07) is 10.3. The summed E-state index contributed by atoms with van der Waals surface area (Å²) < 4.78 is 46.7. The van der Waals surface area contributed by atoms with E-state index in [1.54, 1.807) is 18.2 Å². The van der Waals surface area contributed by atoms with E-state index in [4.69, 9.17) is 4.74 Å². The number of ether oxygens (including phenoxy) is 2. The molecule has 1 amide bonds. The lowest BCUT2D eigenvalue weighted by molar-refractivity contribution is -0.120. The Bertz CT molecular complexity index is 690. The highest BCUT2D eigenvalue weighted by Gasteiger charge is 2.08. The van der Waals surface area contributed by atoms with Gasteiger partial charge in [0.15, 0.2) is 11.6 Å². The number of halogens is 3. The van der Waals surface area contributed by atoms with E-state index in [0.29, 0.717) is 5.56 Å². The van der Waals surface area contributed by atoms with Crippen LogP contribution in [0.15, 0.2) is 42.5 Å². The number of carbonyl (C=O) groups excluding carboxylic acids is 1. The number of carbonyl (C=O) groups is 1. The van der Waals surface area contributed by atoms with Gasteiger partial charge < -0.3 is 14.8 Å². The summed E-state index contributed by atoms with van der Waals surface area (Å²) in [5, 5.41) is 2.67. The van der Waals surface area contributed by atoms with Crippen LogP contribution in [-0.2, 0) is 17.8 Å². The zero-order valence-electron chi connectivity index (χ0n) is 12.9. The third-order valence-corrected chi connectivity index (χ3v) is 3.22. The van der Waals surface area contributed by atoms with E-state index in [2.05, 4.69) is 10.1 Å². The highest BCUT2D eigenvalue weighted by Crippen LogP contribution is 2.18. The zero-order chi connectivity index (χ0) is 17.5. The van der Waals surface area contributed by atoms with Crippen molar-refractivity contribution in [3.05, 3.63) is 59.4 Å². The minimum Gasteiger partial charge on any atom is -0.494 e. The Morgan fingerprint density at radius 3 is 2.38 bits per heavy atom. The van der Waals surface area contributed by atoms with E-state index in [0.717, 1.165) is 5.56 Å². The van der Waals surface area contributed by atoms with E-state index in [1.165, 1.54) is 31.4 Å². The Hall–Kier alpha value is -2.70. The first-order valence-corrected chi connectivity index (χ1v) is 7.11. The van der Waals surface area contributed by atoms with Crippen molar-refractivity contribution in [2.75, 3.05) is 7.11 Å².